The zero-order chi connectivity index (χ0) is 11.2. The van der Waals surface area contributed by atoms with Crippen LogP contribution in [0.3, 0.4) is 0 Å². The normalized spacial score (nSPS) is 20.6. The predicted octanol–water partition coefficient (Wildman–Crippen LogP) is 2.65. The highest BCUT2D eigenvalue weighted by molar-refractivity contribution is 5.95. The van der Waals surface area contributed by atoms with Gasteiger partial charge in [-0.25, -0.2) is 0 Å². The van der Waals surface area contributed by atoms with Gasteiger partial charge in [0, 0.05) is 12.0 Å². The standard InChI is InChI=1S/C14H19NO/c16-14(13-6-2-1-3-7-13)9-8-12-5-4-10-15-11-12/h1-3,6-7,12,15H,4-5,8-11H2. The second kappa shape index (κ2) is 5.80. The van der Waals surface area contributed by atoms with Crippen molar-refractivity contribution in [1.82, 2.24) is 5.32 Å². The quantitative estimate of drug-likeness (QED) is 0.786. The molecule has 0 bridgehead atoms. The molecule has 0 aliphatic carbocycles. The van der Waals surface area contributed by atoms with Crippen LogP contribution in [0.25, 0.3) is 0 Å². The molecule has 1 aromatic carbocycles. The van der Waals surface area contributed by atoms with Crippen molar-refractivity contribution in [1.29, 1.82) is 0 Å². The van der Waals surface area contributed by atoms with Gasteiger partial charge >= 0.3 is 0 Å². The van der Waals surface area contributed by atoms with Gasteiger partial charge in [0.15, 0.2) is 5.78 Å². The lowest BCUT2D eigenvalue weighted by Gasteiger charge is -2.22. The van der Waals surface area contributed by atoms with Crippen LogP contribution in [-0.4, -0.2) is 18.9 Å². The maximum Gasteiger partial charge on any atom is 0.162 e. The first-order valence-electron chi connectivity index (χ1n) is 6.15. The van der Waals surface area contributed by atoms with Crippen LogP contribution >= 0.6 is 0 Å². The highest BCUT2D eigenvalue weighted by Gasteiger charge is 2.14. The van der Waals surface area contributed by atoms with E-state index in [1.807, 2.05) is 30.3 Å². The van der Waals surface area contributed by atoms with Crippen molar-refractivity contribution in [3.8, 4) is 0 Å². The number of ketones is 1. The Labute approximate surface area is 97.1 Å². The lowest BCUT2D eigenvalue weighted by Crippen LogP contribution is -2.30. The minimum atomic E-state index is 0.283. The van der Waals surface area contributed by atoms with Gasteiger partial charge < -0.3 is 5.32 Å². The number of benzene rings is 1. The van der Waals surface area contributed by atoms with Crippen molar-refractivity contribution in [3.05, 3.63) is 35.9 Å². The summed E-state index contributed by atoms with van der Waals surface area (Å²) in [7, 11) is 0. The van der Waals surface area contributed by atoms with E-state index in [2.05, 4.69) is 5.32 Å². The lowest BCUT2D eigenvalue weighted by molar-refractivity contribution is 0.0971. The summed E-state index contributed by atoms with van der Waals surface area (Å²) in [5, 5.41) is 3.39. The lowest BCUT2D eigenvalue weighted by atomic mass is 9.92. The molecule has 1 aliphatic heterocycles. The van der Waals surface area contributed by atoms with Crippen molar-refractivity contribution < 1.29 is 4.79 Å². The maximum atomic E-state index is 11.9. The van der Waals surface area contributed by atoms with Crippen molar-refractivity contribution in [2.24, 2.45) is 5.92 Å². The van der Waals surface area contributed by atoms with Gasteiger partial charge in [0.25, 0.3) is 0 Å². The average molecular weight is 217 g/mol. The molecule has 1 N–H and O–H groups in total. The summed E-state index contributed by atoms with van der Waals surface area (Å²) in [6.45, 7) is 2.23. The molecule has 1 atom stereocenters. The number of piperidine rings is 1. The number of carbonyl (C=O) groups excluding carboxylic acids is 1. The highest BCUT2D eigenvalue weighted by atomic mass is 16.1. The topological polar surface area (TPSA) is 29.1 Å². The molecule has 0 amide bonds. The van der Waals surface area contributed by atoms with Crippen LogP contribution in [-0.2, 0) is 0 Å². The highest BCUT2D eigenvalue weighted by Crippen LogP contribution is 2.17. The summed E-state index contributed by atoms with van der Waals surface area (Å²) < 4.78 is 0. The third-order valence-electron chi connectivity index (χ3n) is 3.27. The Morgan fingerprint density at radius 3 is 2.81 bits per heavy atom. The average Bonchev–Trinajstić information content (AvgIpc) is 2.38. The summed E-state index contributed by atoms with van der Waals surface area (Å²) in [6, 6.07) is 9.61. The Balaban J connectivity index is 1.79. The SMILES string of the molecule is O=C(CCC1CCCNC1)c1ccccc1. The smallest absolute Gasteiger partial charge is 0.162 e. The molecule has 86 valence electrons. The Kier molecular flexibility index (Phi) is 4.11. The molecule has 0 radical (unpaired) electrons. The summed E-state index contributed by atoms with van der Waals surface area (Å²) in [6.07, 6.45) is 4.25. The summed E-state index contributed by atoms with van der Waals surface area (Å²) in [5.41, 5.74) is 0.853. The van der Waals surface area contributed by atoms with E-state index in [1.54, 1.807) is 0 Å². The number of rotatable bonds is 4. The van der Waals surface area contributed by atoms with Crippen molar-refractivity contribution in [2.75, 3.05) is 13.1 Å². The third-order valence-corrected chi connectivity index (χ3v) is 3.27. The van der Waals surface area contributed by atoms with Crippen LogP contribution in [0.1, 0.15) is 36.0 Å². The van der Waals surface area contributed by atoms with Crippen LogP contribution in [0.4, 0.5) is 0 Å². The summed E-state index contributed by atoms with van der Waals surface area (Å²) >= 11 is 0. The Morgan fingerprint density at radius 1 is 1.31 bits per heavy atom. The van der Waals surface area contributed by atoms with Crippen molar-refractivity contribution >= 4 is 5.78 Å². The minimum absolute atomic E-state index is 0.283. The first-order chi connectivity index (χ1) is 7.86. The zero-order valence-electron chi connectivity index (χ0n) is 9.61. The molecule has 2 nitrogen and oxygen atoms in total. The zero-order valence-corrected chi connectivity index (χ0v) is 9.61. The number of carbonyl (C=O) groups is 1. The van der Waals surface area contributed by atoms with Crippen LogP contribution in [0.15, 0.2) is 30.3 Å². The van der Waals surface area contributed by atoms with Gasteiger partial charge in [-0.3, -0.25) is 4.79 Å². The first kappa shape index (κ1) is 11.3. The molecule has 16 heavy (non-hydrogen) atoms. The number of nitrogens with one attached hydrogen (secondary N) is 1. The Hall–Kier alpha value is -1.15. The fraction of sp³-hybridized carbons (Fsp3) is 0.500. The second-order valence-corrected chi connectivity index (χ2v) is 4.54. The van der Waals surface area contributed by atoms with Gasteiger partial charge in [-0.05, 0) is 38.3 Å². The van der Waals surface area contributed by atoms with E-state index in [1.165, 1.54) is 12.8 Å². The monoisotopic (exact) mass is 217 g/mol. The van der Waals surface area contributed by atoms with Gasteiger partial charge in [-0.1, -0.05) is 30.3 Å². The molecule has 1 fully saturated rings. The maximum absolute atomic E-state index is 11.9. The number of Topliss-reactive ketones (excluding diaryl/α,β-unsaturated/α-hetero) is 1. The van der Waals surface area contributed by atoms with Crippen molar-refractivity contribution in [2.45, 2.75) is 25.7 Å². The van der Waals surface area contributed by atoms with E-state index in [9.17, 15) is 4.79 Å². The van der Waals surface area contributed by atoms with E-state index in [4.69, 9.17) is 0 Å². The van der Waals surface area contributed by atoms with E-state index < -0.39 is 0 Å². The molecule has 0 aromatic heterocycles. The van der Waals surface area contributed by atoms with E-state index in [-0.39, 0.29) is 5.78 Å². The van der Waals surface area contributed by atoms with Gasteiger partial charge in [0.1, 0.15) is 0 Å². The predicted molar refractivity (Wildman–Crippen MR) is 65.6 cm³/mol. The Bertz CT molecular complexity index is 328. The Morgan fingerprint density at radius 2 is 2.12 bits per heavy atom. The fourth-order valence-corrected chi connectivity index (χ4v) is 2.27. The van der Waals surface area contributed by atoms with Gasteiger partial charge in [-0.15, -0.1) is 0 Å². The van der Waals surface area contributed by atoms with Gasteiger partial charge in [0.05, 0.1) is 0 Å². The molecule has 1 aromatic rings. The van der Waals surface area contributed by atoms with Crippen LogP contribution in [0.5, 0.6) is 0 Å². The molecule has 1 saturated heterocycles. The summed E-state index contributed by atoms with van der Waals surface area (Å²) in [5.74, 6) is 0.979. The molecular weight excluding hydrogens is 198 g/mol. The largest absolute Gasteiger partial charge is 0.316 e. The van der Waals surface area contributed by atoms with Crippen LogP contribution in [0.2, 0.25) is 0 Å². The van der Waals surface area contributed by atoms with Crippen LogP contribution in [0, 0.1) is 5.92 Å². The van der Waals surface area contributed by atoms with Gasteiger partial charge in [0.2, 0.25) is 0 Å². The number of hydrogen-bond acceptors (Lipinski definition) is 2. The number of hydrogen-bond donors (Lipinski definition) is 1. The van der Waals surface area contributed by atoms with Gasteiger partial charge in [-0.2, -0.15) is 0 Å². The fourth-order valence-electron chi connectivity index (χ4n) is 2.27. The first-order valence-corrected chi connectivity index (χ1v) is 6.15. The second-order valence-electron chi connectivity index (χ2n) is 4.54. The molecule has 1 aliphatic rings. The molecule has 0 saturated carbocycles. The molecule has 1 heterocycles. The summed E-state index contributed by atoms with van der Waals surface area (Å²) in [4.78, 5) is 11.9. The van der Waals surface area contributed by atoms with Crippen molar-refractivity contribution in [3.63, 3.8) is 0 Å². The van der Waals surface area contributed by atoms with E-state index in [0.29, 0.717) is 12.3 Å². The third kappa shape index (κ3) is 3.17. The molecular formula is C14H19NO. The molecule has 2 rings (SSSR count). The van der Waals surface area contributed by atoms with E-state index >= 15 is 0 Å². The van der Waals surface area contributed by atoms with Crippen LogP contribution < -0.4 is 5.32 Å². The molecule has 1 unspecified atom stereocenters. The molecule has 2 heteroatoms. The molecule has 0 spiro atoms. The minimum Gasteiger partial charge on any atom is -0.316 e. The van der Waals surface area contributed by atoms with E-state index in [0.717, 1.165) is 25.1 Å².